The quantitative estimate of drug-likeness (QED) is 0.766. The molecule has 2 aliphatic rings. The molecule has 32 heavy (non-hydrogen) atoms. The smallest absolute Gasteiger partial charge is 0.256 e. The lowest BCUT2D eigenvalue weighted by Gasteiger charge is -2.42. The summed E-state index contributed by atoms with van der Waals surface area (Å²) >= 11 is 0. The van der Waals surface area contributed by atoms with Crippen LogP contribution in [0, 0.1) is 0 Å². The van der Waals surface area contributed by atoms with E-state index in [4.69, 9.17) is 0 Å². The molecule has 0 unspecified atom stereocenters. The number of carbonyl (C=O) groups excluding carboxylic acids is 2. The van der Waals surface area contributed by atoms with Crippen LogP contribution in [0.3, 0.4) is 0 Å². The molecule has 0 aliphatic carbocycles. The summed E-state index contributed by atoms with van der Waals surface area (Å²) in [6.07, 6.45) is 1.38. The molecule has 0 saturated carbocycles. The van der Waals surface area contributed by atoms with Crippen molar-refractivity contribution < 1.29 is 9.59 Å². The summed E-state index contributed by atoms with van der Waals surface area (Å²) < 4.78 is 0. The van der Waals surface area contributed by atoms with E-state index in [1.807, 2.05) is 36.2 Å². The number of nitrogens with one attached hydrogen (secondary N) is 2. The number of piperazine rings is 1. The Labute approximate surface area is 189 Å². The van der Waals surface area contributed by atoms with Crippen LogP contribution < -0.4 is 15.5 Å². The van der Waals surface area contributed by atoms with Crippen LogP contribution in [-0.2, 0) is 4.79 Å². The van der Waals surface area contributed by atoms with Crippen molar-refractivity contribution in [1.29, 1.82) is 0 Å². The highest BCUT2D eigenvalue weighted by Gasteiger charge is 2.30. The van der Waals surface area contributed by atoms with Gasteiger partial charge in [0, 0.05) is 50.6 Å². The standard InChI is InChI=1S/C24H32N6O2/c1-24(2,3)30-14-12-29(13-15-30)16-20(31)26-18-9-7-17(8-10-18)21-27-23(32)19-6-5-11-25-22(19)28(21)4/h5-11,21H,12-16H2,1-4H3,(H,26,31)(H,27,32)/t21-/m1/s1. The number of amides is 2. The fourth-order valence-corrected chi connectivity index (χ4v) is 4.31. The van der Waals surface area contributed by atoms with Crippen LogP contribution >= 0.6 is 0 Å². The van der Waals surface area contributed by atoms with Gasteiger partial charge in [-0.1, -0.05) is 12.1 Å². The molecule has 2 aromatic rings. The zero-order chi connectivity index (χ0) is 22.9. The SMILES string of the molecule is CN1c2ncccc2C(=O)N[C@H]1c1ccc(NC(=O)CN2CCN(C(C)(C)C)CC2)cc1. The summed E-state index contributed by atoms with van der Waals surface area (Å²) in [5, 5.41) is 6.01. The number of hydrogen-bond acceptors (Lipinski definition) is 6. The molecule has 1 atom stereocenters. The second-order valence-corrected chi connectivity index (χ2v) is 9.47. The Kier molecular flexibility index (Phi) is 6.17. The van der Waals surface area contributed by atoms with Crippen molar-refractivity contribution in [1.82, 2.24) is 20.1 Å². The maximum Gasteiger partial charge on any atom is 0.256 e. The van der Waals surface area contributed by atoms with Crippen LogP contribution in [0.4, 0.5) is 11.5 Å². The van der Waals surface area contributed by atoms with Gasteiger partial charge in [0.2, 0.25) is 5.91 Å². The first-order valence-corrected chi connectivity index (χ1v) is 11.1. The molecule has 2 amide bonds. The maximum absolute atomic E-state index is 12.5. The Morgan fingerprint density at radius 3 is 2.47 bits per heavy atom. The Hall–Kier alpha value is -2.97. The first-order valence-electron chi connectivity index (χ1n) is 11.1. The summed E-state index contributed by atoms with van der Waals surface area (Å²) in [6, 6.07) is 11.1. The molecular weight excluding hydrogens is 404 g/mol. The molecule has 8 nitrogen and oxygen atoms in total. The van der Waals surface area contributed by atoms with Crippen molar-refractivity contribution in [3.63, 3.8) is 0 Å². The van der Waals surface area contributed by atoms with Crippen LogP contribution in [0.15, 0.2) is 42.6 Å². The largest absolute Gasteiger partial charge is 0.335 e. The maximum atomic E-state index is 12.5. The lowest BCUT2D eigenvalue weighted by Crippen LogP contribution is -2.54. The summed E-state index contributed by atoms with van der Waals surface area (Å²) in [5.41, 5.74) is 2.41. The molecule has 170 valence electrons. The average molecular weight is 437 g/mol. The molecule has 3 heterocycles. The zero-order valence-corrected chi connectivity index (χ0v) is 19.3. The number of nitrogens with zero attached hydrogens (tertiary/aromatic N) is 4. The Morgan fingerprint density at radius 1 is 1.12 bits per heavy atom. The van der Waals surface area contributed by atoms with E-state index in [9.17, 15) is 9.59 Å². The van der Waals surface area contributed by atoms with E-state index in [-0.39, 0.29) is 23.5 Å². The molecule has 1 aromatic carbocycles. The lowest BCUT2D eigenvalue weighted by molar-refractivity contribution is -0.117. The van der Waals surface area contributed by atoms with Crippen molar-refractivity contribution >= 4 is 23.3 Å². The zero-order valence-electron chi connectivity index (χ0n) is 19.3. The number of pyridine rings is 1. The Balaban J connectivity index is 1.34. The van der Waals surface area contributed by atoms with Gasteiger partial charge < -0.3 is 15.5 Å². The number of benzene rings is 1. The highest BCUT2D eigenvalue weighted by molar-refractivity contribution is 6.01. The fraction of sp³-hybridized carbons (Fsp3) is 0.458. The normalized spacial score (nSPS) is 19.9. The van der Waals surface area contributed by atoms with Crippen LogP contribution in [0.25, 0.3) is 0 Å². The minimum Gasteiger partial charge on any atom is -0.335 e. The van der Waals surface area contributed by atoms with Crippen molar-refractivity contribution in [3.05, 3.63) is 53.7 Å². The van der Waals surface area contributed by atoms with E-state index >= 15 is 0 Å². The van der Waals surface area contributed by atoms with Gasteiger partial charge >= 0.3 is 0 Å². The summed E-state index contributed by atoms with van der Waals surface area (Å²) in [6.45, 7) is 10.8. The lowest BCUT2D eigenvalue weighted by atomic mass is 10.1. The van der Waals surface area contributed by atoms with Crippen LogP contribution in [0.2, 0.25) is 0 Å². The Bertz CT molecular complexity index is 977. The summed E-state index contributed by atoms with van der Waals surface area (Å²) in [4.78, 5) is 35.9. The highest BCUT2D eigenvalue weighted by Crippen LogP contribution is 2.30. The predicted octanol–water partition coefficient (Wildman–Crippen LogP) is 2.31. The summed E-state index contributed by atoms with van der Waals surface area (Å²) in [7, 11) is 1.91. The third kappa shape index (κ3) is 4.76. The molecule has 2 aliphatic heterocycles. The minimum absolute atomic E-state index is 0.0110. The van der Waals surface area contributed by atoms with Crippen molar-refractivity contribution in [3.8, 4) is 0 Å². The van der Waals surface area contributed by atoms with Crippen LogP contribution in [-0.4, -0.2) is 71.9 Å². The van der Waals surface area contributed by atoms with Gasteiger partial charge in [-0.2, -0.15) is 0 Å². The first-order chi connectivity index (χ1) is 15.2. The molecule has 1 saturated heterocycles. The number of rotatable bonds is 4. The number of carbonyl (C=O) groups is 2. The van der Waals surface area contributed by atoms with Gasteiger partial charge in [0.1, 0.15) is 12.0 Å². The van der Waals surface area contributed by atoms with Crippen LogP contribution in [0.1, 0.15) is 42.9 Å². The number of hydrogen-bond donors (Lipinski definition) is 2. The molecule has 0 radical (unpaired) electrons. The first kappa shape index (κ1) is 22.2. The van der Waals surface area contributed by atoms with Gasteiger partial charge in [0.05, 0.1) is 12.1 Å². The van der Waals surface area contributed by atoms with Crippen LogP contribution in [0.5, 0.6) is 0 Å². The van der Waals surface area contributed by atoms with E-state index in [2.05, 4.69) is 46.2 Å². The number of aromatic nitrogens is 1. The monoisotopic (exact) mass is 436 g/mol. The van der Waals surface area contributed by atoms with E-state index in [1.54, 1.807) is 18.3 Å². The van der Waals surface area contributed by atoms with E-state index in [1.165, 1.54) is 0 Å². The van der Waals surface area contributed by atoms with Crippen molar-refractivity contribution in [2.24, 2.45) is 0 Å². The van der Waals surface area contributed by atoms with Gasteiger partial charge in [-0.3, -0.25) is 19.4 Å². The van der Waals surface area contributed by atoms with Gasteiger partial charge in [-0.15, -0.1) is 0 Å². The van der Waals surface area contributed by atoms with E-state index in [0.29, 0.717) is 17.9 Å². The molecule has 4 rings (SSSR count). The fourth-order valence-electron chi connectivity index (χ4n) is 4.31. The molecule has 1 aromatic heterocycles. The number of anilines is 2. The van der Waals surface area contributed by atoms with Crippen molar-refractivity contribution in [2.45, 2.75) is 32.5 Å². The highest BCUT2D eigenvalue weighted by atomic mass is 16.2. The Morgan fingerprint density at radius 2 is 1.81 bits per heavy atom. The molecule has 1 fully saturated rings. The van der Waals surface area contributed by atoms with Gasteiger partial charge in [-0.25, -0.2) is 4.98 Å². The van der Waals surface area contributed by atoms with Gasteiger partial charge in [0.15, 0.2) is 0 Å². The third-order valence-electron chi connectivity index (χ3n) is 6.22. The summed E-state index contributed by atoms with van der Waals surface area (Å²) in [5.74, 6) is 0.508. The minimum atomic E-state index is -0.311. The second-order valence-electron chi connectivity index (χ2n) is 9.47. The molecule has 0 bridgehead atoms. The molecule has 2 N–H and O–H groups in total. The molecule has 0 spiro atoms. The van der Waals surface area contributed by atoms with Gasteiger partial charge in [-0.05, 0) is 50.6 Å². The third-order valence-corrected chi connectivity index (χ3v) is 6.22. The second kappa shape index (κ2) is 8.88. The average Bonchev–Trinajstić information content (AvgIpc) is 2.76. The van der Waals surface area contributed by atoms with Gasteiger partial charge in [0.25, 0.3) is 5.91 Å². The van der Waals surface area contributed by atoms with Crippen molar-refractivity contribution in [2.75, 3.05) is 50.0 Å². The predicted molar refractivity (Wildman–Crippen MR) is 126 cm³/mol. The van der Waals surface area contributed by atoms with E-state index in [0.717, 1.165) is 37.4 Å². The molecule has 8 heteroatoms. The molecular formula is C24H32N6O2. The van der Waals surface area contributed by atoms with E-state index < -0.39 is 0 Å². The number of fused-ring (bicyclic) bond motifs is 1. The topological polar surface area (TPSA) is 80.8 Å².